The van der Waals surface area contributed by atoms with E-state index in [9.17, 15) is 0 Å². The average molecular weight is 313 g/mol. The first-order chi connectivity index (χ1) is 7.85. The first-order valence-electron chi connectivity index (χ1n) is 6.60. The summed E-state index contributed by atoms with van der Waals surface area (Å²) in [5, 5.41) is 1.60. The van der Waals surface area contributed by atoms with E-state index in [0.717, 1.165) is 16.6 Å². The lowest BCUT2D eigenvalue weighted by molar-refractivity contribution is 0.834. The summed E-state index contributed by atoms with van der Waals surface area (Å²) in [6, 6.07) is 8.85. The summed E-state index contributed by atoms with van der Waals surface area (Å²) in [6.07, 6.45) is 0. The van der Waals surface area contributed by atoms with Gasteiger partial charge < -0.3 is 0 Å². The summed E-state index contributed by atoms with van der Waals surface area (Å²) >= 11 is 3.77. The monoisotopic (exact) mass is 312 g/mol. The van der Waals surface area contributed by atoms with Gasteiger partial charge in [0.15, 0.2) is 0 Å². The van der Waals surface area contributed by atoms with Gasteiger partial charge >= 0.3 is 0 Å². The third kappa shape index (κ3) is 2.53. The molecule has 0 radical (unpaired) electrons. The third-order valence-electron chi connectivity index (χ3n) is 4.21. The molecule has 1 rings (SSSR count). The second kappa shape index (κ2) is 5.70. The molecule has 0 aliphatic heterocycles. The van der Waals surface area contributed by atoms with Gasteiger partial charge in [-0.2, -0.15) is 0 Å². The highest BCUT2D eigenvalue weighted by atomic mass is 79.9. The molecule has 0 spiro atoms. The van der Waals surface area contributed by atoms with Crippen LogP contribution in [-0.4, -0.2) is 8.07 Å². The van der Waals surface area contributed by atoms with Gasteiger partial charge in [0.05, 0.1) is 8.07 Å². The minimum atomic E-state index is -1.50. The number of halogens is 1. The predicted molar refractivity (Wildman–Crippen MR) is 84.8 cm³/mol. The predicted octanol–water partition coefficient (Wildman–Crippen LogP) is 5.33. The van der Waals surface area contributed by atoms with Crippen LogP contribution in [0.3, 0.4) is 0 Å². The lowest BCUT2D eigenvalue weighted by Crippen LogP contribution is -2.56. The summed E-state index contributed by atoms with van der Waals surface area (Å²) in [4.78, 5) is 0. The number of hydrogen-bond acceptors (Lipinski definition) is 0. The van der Waals surface area contributed by atoms with E-state index in [4.69, 9.17) is 0 Å². The lowest BCUT2D eigenvalue weighted by atomic mass is 10.4. The van der Waals surface area contributed by atoms with Crippen molar-refractivity contribution in [1.29, 1.82) is 0 Å². The van der Waals surface area contributed by atoms with Crippen LogP contribution in [-0.2, 0) is 0 Å². The molecule has 0 aliphatic carbocycles. The van der Waals surface area contributed by atoms with Gasteiger partial charge in [-0.15, -0.1) is 0 Å². The van der Waals surface area contributed by atoms with Crippen molar-refractivity contribution in [1.82, 2.24) is 0 Å². The summed E-state index contributed by atoms with van der Waals surface area (Å²) in [5.74, 6) is 0. The van der Waals surface area contributed by atoms with Gasteiger partial charge in [-0.05, 0) is 27.9 Å². The molecule has 0 aromatic heterocycles. The number of rotatable bonds is 4. The molecule has 0 atom stereocenters. The molecule has 0 heterocycles. The Kier molecular flexibility index (Phi) is 5.03. The van der Waals surface area contributed by atoms with Gasteiger partial charge in [-0.3, -0.25) is 0 Å². The Morgan fingerprint density at radius 3 is 1.59 bits per heavy atom. The van der Waals surface area contributed by atoms with Crippen molar-refractivity contribution in [3.8, 4) is 0 Å². The zero-order chi connectivity index (χ0) is 13.2. The van der Waals surface area contributed by atoms with E-state index >= 15 is 0 Å². The molecular formula is C15H25BrSi. The minimum absolute atomic E-state index is 0.765. The lowest BCUT2D eigenvalue weighted by Gasteiger charge is -2.44. The normalized spacial score (nSPS) is 12.8. The molecule has 0 fully saturated rings. The summed E-state index contributed by atoms with van der Waals surface area (Å²) < 4.78 is 1.31. The maximum Gasteiger partial charge on any atom is 0.0957 e. The Bertz CT molecular complexity index is 347. The van der Waals surface area contributed by atoms with Crippen LogP contribution in [0.1, 0.15) is 41.5 Å². The number of hydrogen-bond donors (Lipinski definition) is 0. The van der Waals surface area contributed by atoms with Gasteiger partial charge in [0.25, 0.3) is 0 Å². The highest BCUT2D eigenvalue weighted by Gasteiger charge is 2.45. The third-order valence-corrected chi connectivity index (χ3v) is 12.4. The fourth-order valence-electron chi connectivity index (χ4n) is 3.75. The molecule has 96 valence electrons. The zero-order valence-electron chi connectivity index (χ0n) is 11.9. The highest BCUT2D eigenvalue weighted by molar-refractivity contribution is 9.10. The van der Waals surface area contributed by atoms with Crippen molar-refractivity contribution in [2.24, 2.45) is 0 Å². The van der Waals surface area contributed by atoms with Crippen LogP contribution in [0, 0.1) is 0 Å². The molecule has 2 heteroatoms. The molecule has 0 bridgehead atoms. The smallest absolute Gasteiger partial charge is 0.0648 e. The molecule has 1 aromatic rings. The van der Waals surface area contributed by atoms with Gasteiger partial charge in [0.2, 0.25) is 0 Å². The standard InChI is InChI=1S/C15H25BrSi/c1-11(2)17(12(3)4,13(5)6)15-10-8-7-9-14(15)16/h7-13H,1-6H3. The van der Waals surface area contributed by atoms with Crippen molar-refractivity contribution in [2.75, 3.05) is 0 Å². The van der Waals surface area contributed by atoms with E-state index < -0.39 is 8.07 Å². The Hall–Kier alpha value is -0.0831. The van der Waals surface area contributed by atoms with Crippen LogP contribution in [0.15, 0.2) is 28.7 Å². The van der Waals surface area contributed by atoms with Crippen LogP contribution in [0.25, 0.3) is 0 Å². The first-order valence-corrected chi connectivity index (χ1v) is 9.62. The Balaban J connectivity index is 3.48. The minimum Gasteiger partial charge on any atom is -0.0648 e. The van der Waals surface area contributed by atoms with E-state index in [-0.39, 0.29) is 0 Å². The van der Waals surface area contributed by atoms with Crippen molar-refractivity contribution in [3.63, 3.8) is 0 Å². The van der Waals surface area contributed by atoms with Crippen molar-refractivity contribution in [3.05, 3.63) is 28.7 Å². The molecule has 0 aliphatic rings. The van der Waals surface area contributed by atoms with E-state index in [1.54, 1.807) is 5.19 Å². The van der Waals surface area contributed by atoms with Crippen LogP contribution in [0.4, 0.5) is 0 Å². The van der Waals surface area contributed by atoms with E-state index in [0.29, 0.717) is 0 Å². The summed E-state index contributed by atoms with van der Waals surface area (Å²) in [6.45, 7) is 14.5. The van der Waals surface area contributed by atoms with Crippen LogP contribution in [0.5, 0.6) is 0 Å². The molecular weight excluding hydrogens is 288 g/mol. The first kappa shape index (κ1) is 15.0. The van der Waals surface area contributed by atoms with Crippen LogP contribution >= 0.6 is 15.9 Å². The number of benzene rings is 1. The van der Waals surface area contributed by atoms with Crippen molar-refractivity contribution >= 4 is 29.2 Å². The fourth-order valence-corrected chi connectivity index (χ4v) is 11.8. The molecule has 0 saturated carbocycles. The quantitative estimate of drug-likeness (QED) is 0.659. The van der Waals surface area contributed by atoms with E-state index in [2.05, 4.69) is 81.7 Å². The molecule has 17 heavy (non-hydrogen) atoms. The molecule has 0 amide bonds. The molecule has 0 unspecified atom stereocenters. The van der Waals surface area contributed by atoms with Gasteiger partial charge in [-0.25, -0.2) is 0 Å². The largest absolute Gasteiger partial charge is 0.0957 e. The second-order valence-electron chi connectivity index (χ2n) is 5.88. The summed E-state index contributed by atoms with van der Waals surface area (Å²) in [5.41, 5.74) is 2.29. The fraction of sp³-hybridized carbons (Fsp3) is 0.600. The Labute approximate surface area is 116 Å². The second-order valence-corrected chi connectivity index (χ2v) is 12.6. The van der Waals surface area contributed by atoms with E-state index in [1.165, 1.54) is 4.47 Å². The van der Waals surface area contributed by atoms with Crippen LogP contribution in [0.2, 0.25) is 16.6 Å². The SMILES string of the molecule is CC(C)[Si](c1ccccc1Br)(C(C)C)C(C)C. The molecule has 0 nitrogen and oxygen atoms in total. The highest BCUT2D eigenvalue weighted by Crippen LogP contribution is 2.42. The molecule has 1 aromatic carbocycles. The summed E-state index contributed by atoms with van der Waals surface area (Å²) in [7, 11) is -1.50. The molecule has 0 N–H and O–H groups in total. The van der Waals surface area contributed by atoms with Gasteiger partial charge in [0.1, 0.15) is 0 Å². The maximum atomic E-state index is 3.77. The maximum absolute atomic E-state index is 3.77. The van der Waals surface area contributed by atoms with Gasteiger partial charge in [-0.1, -0.05) is 75.7 Å². The Morgan fingerprint density at radius 1 is 0.824 bits per heavy atom. The topological polar surface area (TPSA) is 0 Å². The average Bonchev–Trinajstić information content (AvgIpc) is 2.19. The van der Waals surface area contributed by atoms with Crippen LogP contribution < -0.4 is 5.19 Å². The Morgan fingerprint density at radius 2 is 1.24 bits per heavy atom. The van der Waals surface area contributed by atoms with E-state index in [1.807, 2.05) is 0 Å². The zero-order valence-corrected chi connectivity index (χ0v) is 14.5. The van der Waals surface area contributed by atoms with Gasteiger partial charge in [0, 0.05) is 4.47 Å². The van der Waals surface area contributed by atoms with Crippen molar-refractivity contribution < 1.29 is 0 Å². The molecule has 0 saturated heterocycles. The van der Waals surface area contributed by atoms with Crippen molar-refractivity contribution in [2.45, 2.75) is 58.2 Å².